The van der Waals surface area contributed by atoms with Crippen LogP contribution in [0.25, 0.3) is 22.1 Å². The van der Waals surface area contributed by atoms with Crippen molar-refractivity contribution in [1.29, 1.82) is 0 Å². The molecular weight excluding hydrogens is 358 g/mol. The average Bonchev–Trinajstić information content (AvgIpc) is 3.07. The molecular formula is C19H17N7S. The Bertz CT molecular complexity index is 1150. The Morgan fingerprint density at radius 2 is 2.07 bits per heavy atom. The van der Waals surface area contributed by atoms with E-state index in [0.29, 0.717) is 13.0 Å². The molecule has 134 valence electrons. The van der Waals surface area contributed by atoms with Crippen LogP contribution in [0.3, 0.4) is 0 Å². The van der Waals surface area contributed by atoms with Gasteiger partial charge in [0, 0.05) is 29.9 Å². The number of hydrogen-bond acceptors (Lipinski definition) is 5. The number of pyridine rings is 2. The van der Waals surface area contributed by atoms with E-state index in [2.05, 4.69) is 38.7 Å². The first-order valence-electron chi connectivity index (χ1n) is 8.40. The number of nitrogens with zero attached hydrogens (tertiary/aromatic N) is 5. The summed E-state index contributed by atoms with van der Waals surface area (Å²) in [6, 6.07) is 14.2. The first-order valence-corrected chi connectivity index (χ1v) is 8.81. The van der Waals surface area contributed by atoms with Crippen molar-refractivity contribution in [1.82, 2.24) is 24.9 Å². The van der Waals surface area contributed by atoms with E-state index in [1.807, 2.05) is 35.2 Å². The van der Waals surface area contributed by atoms with E-state index >= 15 is 0 Å². The van der Waals surface area contributed by atoms with Gasteiger partial charge < -0.3 is 10.3 Å². The van der Waals surface area contributed by atoms with Crippen molar-refractivity contribution < 1.29 is 0 Å². The number of thiocarbonyl (C=S) groups is 1. The Hall–Kier alpha value is -3.39. The second kappa shape index (κ2) is 7.46. The van der Waals surface area contributed by atoms with Gasteiger partial charge in [0.05, 0.1) is 18.4 Å². The minimum atomic E-state index is 0.137. The number of nitrogens with one attached hydrogen (secondary N) is 1. The molecule has 0 aliphatic carbocycles. The number of hydrogen-bond donors (Lipinski definition) is 2. The summed E-state index contributed by atoms with van der Waals surface area (Å²) in [6.07, 6.45) is 5.87. The lowest BCUT2D eigenvalue weighted by Gasteiger charge is -2.06. The molecule has 27 heavy (non-hydrogen) atoms. The molecule has 0 unspecified atom stereocenters. The van der Waals surface area contributed by atoms with E-state index in [-0.39, 0.29) is 5.11 Å². The van der Waals surface area contributed by atoms with E-state index in [0.717, 1.165) is 27.8 Å². The van der Waals surface area contributed by atoms with Crippen molar-refractivity contribution in [3.05, 3.63) is 66.2 Å². The van der Waals surface area contributed by atoms with Crippen LogP contribution in [0, 0.1) is 0 Å². The van der Waals surface area contributed by atoms with Gasteiger partial charge in [0.1, 0.15) is 5.52 Å². The second-order valence-electron chi connectivity index (χ2n) is 6.04. The van der Waals surface area contributed by atoms with Crippen LogP contribution in [0.1, 0.15) is 11.3 Å². The molecule has 0 bridgehead atoms. The average molecular weight is 375 g/mol. The Kier molecular flexibility index (Phi) is 4.71. The molecule has 3 heterocycles. The number of hydrazone groups is 1. The molecule has 4 aromatic rings. The van der Waals surface area contributed by atoms with Gasteiger partial charge in [-0.05, 0) is 48.1 Å². The van der Waals surface area contributed by atoms with Gasteiger partial charge in [0.25, 0.3) is 0 Å². The molecule has 0 saturated carbocycles. The number of benzene rings is 1. The molecule has 0 atom stereocenters. The van der Waals surface area contributed by atoms with Crippen LogP contribution in [0.2, 0.25) is 0 Å². The fourth-order valence-electron chi connectivity index (χ4n) is 2.88. The lowest BCUT2D eigenvalue weighted by molar-refractivity contribution is 0.813. The highest BCUT2D eigenvalue weighted by atomic mass is 32.1. The number of nitrogens with two attached hydrogens (primary N) is 1. The van der Waals surface area contributed by atoms with E-state index < -0.39 is 0 Å². The molecule has 0 saturated heterocycles. The van der Waals surface area contributed by atoms with Crippen molar-refractivity contribution >= 4 is 45.6 Å². The van der Waals surface area contributed by atoms with Gasteiger partial charge >= 0.3 is 0 Å². The van der Waals surface area contributed by atoms with Gasteiger partial charge in [-0.2, -0.15) is 5.10 Å². The highest BCUT2D eigenvalue weighted by Gasteiger charge is 2.07. The normalized spacial score (nSPS) is 11.4. The number of imidazole rings is 1. The summed E-state index contributed by atoms with van der Waals surface area (Å²) in [5.41, 5.74) is 12.6. The Morgan fingerprint density at radius 1 is 1.19 bits per heavy atom. The quantitative estimate of drug-likeness (QED) is 0.316. The zero-order valence-electron chi connectivity index (χ0n) is 14.4. The fourth-order valence-corrected chi connectivity index (χ4v) is 2.93. The third-order valence-electron chi connectivity index (χ3n) is 4.11. The largest absolute Gasteiger partial charge is 0.375 e. The van der Waals surface area contributed by atoms with Crippen molar-refractivity contribution in [3.8, 4) is 0 Å². The van der Waals surface area contributed by atoms with Gasteiger partial charge in [-0.25, -0.2) is 9.97 Å². The van der Waals surface area contributed by atoms with Crippen LogP contribution in [-0.4, -0.2) is 30.8 Å². The number of fused-ring (bicyclic) bond motifs is 2. The van der Waals surface area contributed by atoms with Gasteiger partial charge in [-0.15, -0.1) is 0 Å². The van der Waals surface area contributed by atoms with Crippen molar-refractivity contribution in [3.63, 3.8) is 0 Å². The molecule has 0 amide bonds. The van der Waals surface area contributed by atoms with Crippen LogP contribution in [-0.2, 0) is 13.0 Å². The molecule has 3 aromatic heterocycles. The van der Waals surface area contributed by atoms with Crippen molar-refractivity contribution in [2.24, 2.45) is 10.8 Å². The summed E-state index contributed by atoms with van der Waals surface area (Å²) in [6.45, 7) is 0.689. The van der Waals surface area contributed by atoms with Gasteiger partial charge in [-0.3, -0.25) is 10.4 Å². The molecule has 0 fully saturated rings. The predicted molar refractivity (Wildman–Crippen MR) is 110 cm³/mol. The maximum absolute atomic E-state index is 5.34. The lowest BCUT2D eigenvalue weighted by Crippen LogP contribution is -2.24. The summed E-state index contributed by atoms with van der Waals surface area (Å²) < 4.78 is 2.04. The summed E-state index contributed by atoms with van der Waals surface area (Å²) in [7, 11) is 0. The monoisotopic (exact) mass is 375 g/mol. The Balaban J connectivity index is 1.58. The first kappa shape index (κ1) is 17.0. The third-order valence-corrected chi connectivity index (χ3v) is 4.20. The second-order valence-corrected chi connectivity index (χ2v) is 6.48. The lowest BCUT2D eigenvalue weighted by atomic mass is 10.1. The van der Waals surface area contributed by atoms with Crippen molar-refractivity contribution in [2.75, 3.05) is 0 Å². The van der Waals surface area contributed by atoms with Crippen LogP contribution < -0.4 is 11.2 Å². The van der Waals surface area contributed by atoms with Gasteiger partial charge in [0.2, 0.25) is 0 Å². The van der Waals surface area contributed by atoms with Crippen LogP contribution in [0.4, 0.5) is 0 Å². The van der Waals surface area contributed by atoms with Gasteiger partial charge in [0.15, 0.2) is 10.8 Å². The highest BCUT2D eigenvalue weighted by molar-refractivity contribution is 7.80. The summed E-state index contributed by atoms with van der Waals surface area (Å²) >= 11 is 4.71. The highest BCUT2D eigenvalue weighted by Crippen LogP contribution is 2.17. The number of aromatic nitrogens is 4. The minimum absolute atomic E-state index is 0.137. The minimum Gasteiger partial charge on any atom is -0.375 e. The molecule has 3 N–H and O–H groups in total. The molecule has 8 heteroatoms. The van der Waals surface area contributed by atoms with Crippen LogP contribution in [0.15, 0.2) is 60.1 Å². The molecule has 0 radical (unpaired) electrons. The zero-order valence-corrected chi connectivity index (χ0v) is 15.2. The Labute approximate surface area is 161 Å². The van der Waals surface area contributed by atoms with E-state index in [1.165, 1.54) is 5.56 Å². The smallest absolute Gasteiger partial charge is 0.184 e. The first-order chi connectivity index (χ1) is 13.2. The van der Waals surface area contributed by atoms with Crippen LogP contribution in [0.5, 0.6) is 0 Å². The summed E-state index contributed by atoms with van der Waals surface area (Å²) in [5.74, 6) is 0. The molecule has 4 rings (SSSR count). The van der Waals surface area contributed by atoms with Crippen LogP contribution >= 0.6 is 12.2 Å². The van der Waals surface area contributed by atoms with E-state index in [4.69, 9.17) is 22.9 Å². The maximum atomic E-state index is 5.34. The topological polar surface area (TPSA) is 94.0 Å². The zero-order chi connectivity index (χ0) is 18.6. The van der Waals surface area contributed by atoms with E-state index in [1.54, 1.807) is 12.4 Å². The SMILES string of the molecule is NC(=S)NN=CCc1ccc2ncn(Cc3ccc4ncccc4c3)c2n1. The molecule has 1 aromatic carbocycles. The maximum Gasteiger partial charge on any atom is 0.184 e. The van der Waals surface area contributed by atoms with E-state index in [9.17, 15) is 0 Å². The fraction of sp³-hybridized carbons (Fsp3) is 0.105. The standard InChI is InChI=1S/C19H17N7S/c20-19(27)25-23-9-7-15-4-6-17-18(24-15)26(12-22-17)11-13-3-5-16-14(10-13)2-1-8-21-16/h1-6,8-10,12H,7,11H2,(H3,20,25,27). The predicted octanol–water partition coefficient (Wildman–Crippen LogP) is 2.39. The molecule has 7 nitrogen and oxygen atoms in total. The molecule has 0 aliphatic rings. The summed E-state index contributed by atoms with van der Waals surface area (Å²) in [5, 5.41) is 5.20. The molecule has 0 aliphatic heterocycles. The van der Waals surface area contributed by atoms with Gasteiger partial charge in [-0.1, -0.05) is 12.1 Å². The summed E-state index contributed by atoms with van der Waals surface area (Å²) in [4.78, 5) is 13.5. The number of rotatable bonds is 5. The Morgan fingerprint density at radius 3 is 2.96 bits per heavy atom. The molecule has 0 spiro atoms. The third kappa shape index (κ3) is 3.90. The van der Waals surface area contributed by atoms with Crippen molar-refractivity contribution in [2.45, 2.75) is 13.0 Å².